The first-order chi connectivity index (χ1) is 3.66. The standard InChI is InChI=1S/C6H13NO/c1-5(2)3-6(7)4-8/h4-6H,3,7H2,1-2H3. The van der Waals surface area contributed by atoms with E-state index in [9.17, 15) is 4.79 Å². The van der Waals surface area contributed by atoms with Crippen molar-refractivity contribution in [2.24, 2.45) is 11.7 Å². The summed E-state index contributed by atoms with van der Waals surface area (Å²) in [6.45, 7) is 4.09. The van der Waals surface area contributed by atoms with Crippen molar-refractivity contribution in [1.82, 2.24) is 0 Å². The Labute approximate surface area is 50.1 Å². The highest BCUT2D eigenvalue weighted by Gasteiger charge is 2.01. The van der Waals surface area contributed by atoms with Gasteiger partial charge in [-0.15, -0.1) is 0 Å². The van der Waals surface area contributed by atoms with Gasteiger partial charge in [0.2, 0.25) is 0 Å². The van der Waals surface area contributed by atoms with Crippen molar-refractivity contribution in [1.29, 1.82) is 0 Å². The van der Waals surface area contributed by atoms with Crippen LogP contribution in [0.5, 0.6) is 0 Å². The second-order valence-corrected chi connectivity index (χ2v) is 2.43. The number of aldehydes is 1. The zero-order valence-corrected chi connectivity index (χ0v) is 5.42. The van der Waals surface area contributed by atoms with E-state index >= 15 is 0 Å². The smallest absolute Gasteiger partial charge is 0.136 e. The first-order valence-electron chi connectivity index (χ1n) is 2.87. The second-order valence-electron chi connectivity index (χ2n) is 2.43. The molecule has 2 nitrogen and oxygen atoms in total. The molecule has 0 aromatic rings. The third-order valence-corrected chi connectivity index (χ3v) is 0.918. The van der Waals surface area contributed by atoms with E-state index in [-0.39, 0.29) is 6.04 Å². The van der Waals surface area contributed by atoms with E-state index in [4.69, 9.17) is 5.73 Å². The van der Waals surface area contributed by atoms with Crippen LogP contribution in [0.15, 0.2) is 0 Å². The number of hydrogen-bond acceptors (Lipinski definition) is 2. The molecule has 0 amide bonds. The van der Waals surface area contributed by atoms with Gasteiger partial charge in [0.1, 0.15) is 6.29 Å². The molecular formula is C6H13NO. The summed E-state index contributed by atoms with van der Waals surface area (Å²) in [5.74, 6) is 0.523. The molecule has 0 fully saturated rings. The second kappa shape index (κ2) is 3.61. The molecule has 0 spiro atoms. The summed E-state index contributed by atoms with van der Waals surface area (Å²) in [4.78, 5) is 9.92. The van der Waals surface area contributed by atoms with Crippen LogP contribution in [0.1, 0.15) is 20.3 Å². The molecule has 0 bridgehead atoms. The van der Waals surface area contributed by atoms with Crippen molar-refractivity contribution in [3.63, 3.8) is 0 Å². The molecule has 0 radical (unpaired) electrons. The molecule has 0 rings (SSSR count). The van der Waals surface area contributed by atoms with Crippen LogP contribution in [0.3, 0.4) is 0 Å². The fraction of sp³-hybridized carbons (Fsp3) is 0.833. The van der Waals surface area contributed by atoms with Crippen LogP contribution in [-0.2, 0) is 4.79 Å². The van der Waals surface area contributed by atoms with Gasteiger partial charge >= 0.3 is 0 Å². The largest absolute Gasteiger partial charge is 0.322 e. The molecule has 2 heteroatoms. The van der Waals surface area contributed by atoms with Gasteiger partial charge in [-0.2, -0.15) is 0 Å². The molecule has 0 aliphatic rings. The van der Waals surface area contributed by atoms with Crippen molar-refractivity contribution < 1.29 is 4.79 Å². The Hall–Kier alpha value is -0.370. The summed E-state index contributed by atoms with van der Waals surface area (Å²) in [6, 6.07) is -0.255. The van der Waals surface area contributed by atoms with Gasteiger partial charge in [-0.3, -0.25) is 0 Å². The molecule has 0 aromatic heterocycles. The monoisotopic (exact) mass is 115 g/mol. The van der Waals surface area contributed by atoms with E-state index < -0.39 is 0 Å². The Bertz CT molecular complexity index is 70.9. The van der Waals surface area contributed by atoms with Crippen molar-refractivity contribution in [2.75, 3.05) is 0 Å². The lowest BCUT2D eigenvalue weighted by Gasteiger charge is -2.04. The molecule has 0 heterocycles. The highest BCUT2D eigenvalue weighted by atomic mass is 16.1. The lowest BCUT2D eigenvalue weighted by molar-refractivity contribution is -0.109. The molecule has 0 aliphatic carbocycles. The van der Waals surface area contributed by atoms with Crippen LogP contribution in [0, 0.1) is 5.92 Å². The quantitative estimate of drug-likeness (QED) is 0.546. The predicted octanol–water partition coefficient (Wildman–Crippen LogP) is 0.559. The van der Waals surface area contributed by atoms with Gasteiger partial charge in [0.15, 0.2) is 0 Å². The van der Waals surface area contributed by atoms with Crippen LogP contribution < -0.4 is 5.73 Å². The summed E-state index contributed by atoms with van der Waals surface area (Å²) >= 11 is 0. The highest BCUT2D eigenvalue weighted by Crippen LogP contribution is 1.99. The predicted molar refractivity (Wildman–Crippen MR) is 33.5 cm³/mol. The van der Waals surface area contributed by atoms with Gasteiger partial charge in [-0.25, -0.2) is 0 Å². The molecule has 48 valence electrons. The Morgan fingerprint density at radius 2 is 2.12 bits per heavy atom. The van der Waals surface area contributed by atoms with E-state index in [1.54, 1.807) is 0 Å². The molecule has 0 aliphatic heterocycles. The van der Waals surface area contributed by atoms with Gasteiger partial charge in [0, 0.05) is 0 Å². The third kappa shape index (κ3) is 3.81. The minimum absolute atomic E-state index is 0.255. The van der Waals surface area contributed by atoms with E-state index in [0.29, 0.717) is 5.92 Å². The van der Waals surface area contributed by atoms with Crippen LogP contribution in [-0.4, -0.2) is 12.3 Å². The topological polar surface area (TPSA) is 43.1 Å². The number of nitrogens with two attached hydrogens (primary N) is 1. The van der Waals surface area contributed by atoms with Gasteiger partial charge in [0.05, 0.1) is 6.04 Å². The van der Waals surface area contributed by atoms with Crippen LogP contribution in [0.2, 0.25) is 0 Å². The fourth-order valence-electron chi connectivity index (χ4n) is 0.600. The van der Waals surface area contributed by atoms with E-state index in [2.05, 4.69) is 0 Å². The van der Waals surface area contributed by atoms with Gasteiger partial charge in [-0.05, 0) is 12.3 Å². The molecule has 0 saturated heterocycles. The van der Waals surface area contributed by atoms with E-state index in [1.165, 1.54) is 0 Å². The zero-order chi connectivity index (χ0) is 6.57. The average Bonchev–Trinajstić information content (AvgIpc) is 1.65. The normalized spacial score (nSPS) is 14.0. The molecule has 0 saturated carbocycles. The maximum atomic E-state index is 9.92. The van der Waals surface area contributed by atoms with E-state index in [0.717, 1.165) is 12.7 Å². The molecule has 2 N–H and O–H groups in total. The summed E-state index contributed by atoms with van der Waals surface area (Å²) in [6.07, 6.45) is 1.59. The SMILES string of the molecule is CC(C)CC(N)C=O. The Morgan fingerprint density at radius 3 is 2.25 bits per heavy atom. The van der Waals surface area contributed by atoms with Gasteiger partial charge < -0.3 is 10.5 Å². The minimum atomic E-state index is -0.255. The van der Waals surface area contributed by atoms with Crippen molar-refractivity contribution >= 4 is 6.29 Å². The lowest BCUT2D eigenvalue weighted by Crippen LogP contribution is -2.23. The molecule has 1 unspecified atom stereocenters. The van der Waals surface area contributed by atoms with Crippen LogP contribution in [0.4, 0.5) is 0 Å². The first kappa shape index (κ1) is 7.63. The lowest BCUT2D eigenvalue weighted by atomic mass is 10.1. The summed E-state index contributed by atoms with van der Waals surface area (Å²) in [5.41, 5.74) is 5.31. The number of rotatable bonds is 3. The number of carbonyl (C=O) groups excluding carboxylic acids is 1. The average molecular weight is 115 g/mol. The van der Waals surface area contributed by atoms with Crippen molar-refractivity contribution in [2.45, 2.75) is 26.3 Å². The highest BCUT2D eigenvalue weighted by molar-refractivity contribution is 5.56. The molecule has 0 aromatic carbocycles. The fourth-order valence-corrected chi connectivity index (χ4v) is 0.600. The minimum Gasteiger partial charge on any atom is -0.322 e. The first-order valence-corrected chi connectivity index (χ1v) is 2.87. The van der Waals surface area contributed by atoms with Crippen molar-refractivity contribution in [3.8, 4) is 0 Å². The summed E-state index contributed by atoms with van der Waals surface area (Å²) in [5, 5.41) is 0. The van der Waals surface area contributed by atoms with Crippen LogP contribution >= 0.6 is 0 Å². The third-order valence-electron chi connectivity index (χ3n) is 0.918. The molecule has 1 atom stereocenters. The van der Waals surface area contributed by atoms with Crippen LogP contribution in [0.25, 0.3) is 0 Å². The Morgan fingerprint density at radius 1 is 1.62 bits per heavy atom. The van der Waals surface area contributed by atoms with E-state index in [1.807, 2.05) is 13.8 Å². The van der Waals surface area contributed by atoms with Gasteiger partial charge in [0.25, 0.3) is 0 Å². The maximum Gasteiger partial charge on any atom is 0.136 e. The summed E-state index contributed by atoms with van der Waals surface area (Å²) < 4.78 is 0. The molecular weight excluding hydrogens is 102 g/mol. The molecule has 8 heavy (non-hydrogen) atoms. The maximum absolute atomic E-state index is 9.92. The Balaban J connectivity index is 3.23. The summed E-state index contributed by atoms with van der Waals surface area (Å²) in [7, 11) is 0. The Kier molecular flexibility index (Phi) is 3.44. The van der Waals surface area contributed by atoms with Gasteiger partial charge in [-0.1, -0.05) is 13.8 Å². The number of carbonyl (C=O) groups is 1. The number of hydrogen-bond donors (Lipinski definition) is 1. The zero-order valence-electron chi connectivity index (χ0n) is 5.42. The van der Waals surface area contributed by atoms with Crippen molar-refractivity contribution in [3.05, 3.63) is 0 Å².